The van der Waals surface area contributed by atoms with Crippen LogP contribution in [0.1, 0.15) is 49.9 Å². The first-order valence-corrected chi connectivity index (χ1v) is 9.26. The van der Waals surface area contributed by atoms with Gasteiger partial charge in [-0.1, -0.05) is 56.7 Å². The maximum absolute atomic E-state index is 12.7. The van der Waals surface area contributed by atoms with Gasteiger partial charge in [0, 0.05) is 18.3 Å². The fraction of sp³-hybridized carbons (Fsp3) is 0.391. The highest BCUT2D eigenvalue weighted by molar-refractivity contribution is 6.02. The van der Waals surface area contributed by atoms with Crippen LogP contribution in [-0.2, 0) is 15.0 Å². The van der Waals surface area contributed by atoms with Crippen molar-refractivity contribution in [1.82, 2.24) is 0 Å². The lowest BCUT2D eigenvalue weighted by molar-refractivity contribution is -0.120. The van der Waals surface area contributed by atoms with Crippen LogP contribution in [0.4, 0.5) is 11.4 Å². The van der Waals surface area contributed by atoms with E-state index >= 15 is 0 Å². The molecular formula is C23H30N2O2. The Labute approximate surface area is 162 Å². The largest absolute Gasteiger partial charge is 0.324 e. The van der Waals surface area contributed by atoms with Crippen LogP contribution in [0.5, 0.6) is 0 Å². The van der Waals surface area contributed by atoms with E-state index < -0.39 is 0 Å². The monoisotopic (exact) mass is 366 g/mol. The second-order valence-electron chi connectivity index (χ2n) is 8.19. The topological polar surface area (TPSA) is 49.4 Å². The average Bonchev–Trinajstić information content (AvgIpc) is 2.55. The smallest absolute Gasteiger partial charge is 0.244 e. The Balaban J connectivity index is 2.31. The van der Waals surface area contributed by atoms with Gasteiger partial charge in [0.2, 0.25) is 11.8 Å². The highest BCUT2D eigenvalue weighted by Gasteiger charge is 2.24. The summed E-state index contributed by atoms with van der Waals surface area (Å²) in [4.78, 5) is 26.6. The summed E-state index contributed by atoms with van der Waals surface area (Å²) in [6, 6.07) is 11.9. The summed E-state index contributed by atoms with van der Waals surface area (Å²) >= 11 is 0. The molecule has 0 spiro atoms. The molecule has 27 heavy (non-hydrogen) atoms. The summed E-state index contributed by atoms with van der Waals surface area (Å²) in [5, 5.41) is 2.99. The highest BCUT2D eigenvalue weighted by Crippen LogP contribution is 2.32. The highest BCUT2D eigenvalue weighted by atomic mass is 16.2. The second-order valence-corrected chi connectivity index (χ2v) is 8.19. The fourth-order valence-electron chi connectivity index (χ4n) is 3.41. The predicted molar refractivity (Wildman–Crippen MR) is 112 cm³/mol. The van der Waals surface area contributed by atoms with Crippen molar-refractivity contribution in [1.29, 1.82) is 0 Å². The molecule has 0 saturated carbocycles. The summed E-state index contributed by atoms with van der Waals surface area (Å²) < 4.78 is 0. The number of amides is 2. The van der Waals surface area contributed by atoms with Gasteiger partial charge in [-0.25, -0.2) is 0 Å². The number of hydrogen-bond donors (Lipinski definition) is 1. The number of aryl methyl sites for hydroxylation is 3. The summed E-state index contributed by atoms with van der Waals surface area (Å²) in [5.74, 6) is -0.358. The maximum Gasteiger partial charge on any atom is 0.244 e. The lowest BCUT2D eigenvalue weighted by atomic mass is 9.85. The van der Waals surface area contributed by atoms with Gasteiger partial charge in [-0.3, -0.25) is 9.59 Å². The quantitative estimate of drug-likeness (QED) is 0.836. The van der Waals surface area contributed by atoms with E-state index in [1.165, 1.54) is 6.92 Å². The Hall–Kier alpha value is -2.62. The molecule has 4 nitrogen and oxygen atoms in total. The Morgan fingerprint density at radius 2 is 1.56 bits per heavy atom. The van der Waals surface area contributed by atoms with Gasteiger partial charge in [-0.2, -0.15) is 0 Å². The molecule has 144 valence electrons. The van der Waals surface area contributed by atoms with Crippen molar-refractivity contribution in [2.24, 2.45) is 0 Å². The molecule has 0 heterocycles. The van der Waals surface area contributed by atoms with Crippen molar-refractivity contribution in [2.45, 2.75) is 53.9 Å². The van der Waals surface area contributed by atoms with Gasteiger partial charge in [-0.15, -0.1) is 0 Å². The second kappa shape index (κ2) is 7.95. The summed E-state index contributed by atoms with van der Waals surface area (Å²) in [6.45, 7) is 13.8. The van der Waals surface area contributed by atoms with Crippen LogP contribution in [0.25, 0.3) is 0 Å². The minimum Gasteiger partial charge on any atom is -0.324 e. The molecule has 1 N–H and O–H groups in total. The lowest BCUT2D eigenvalue weighted by Gasteiger charge is -2.29. The standard InChI is InChI=1S/C23H30N2O2/c1-15-12-16(2)22(17(3)13-15)24-21(27)14-25(18(4)26)20-11-9-8-10-19(20)23(5,6)7/h8-13H,14H2,1-7H3,(H,24,27). The molecule has 0 bridgehead atoms. The van der Waals surface area contributed by atoms with Crippen molar-refractivity contribution < 1.29 is 9.59 Å². The number of benzene rings is 2. The number of rotatable bonds is 4. The SMILES string of the molecule is CC(=O)N(CC(=O)Nc1c(C)cc(C)cc1C)c1ccccc1C(C)(C)C. The Morgan fingerprint density at radius 1 is 1.00 bits per heavy atom. The Bertz CT molecular complexity index is 840. The van der Waals surface area contributed by atoms with Crippen molar-refractivity contribution in [2.75, 3.05) is 16.8 Å². The van der Waals surface area contributed by atoms with E-state index in [0.29, 0.717) is 0 Å². The number of nitrogens with zero attached hydrogens (tertiary/aromatic N) is 1. The van der Waals surface area contributed by atoms with Crippen molar-refractivity contribution in [3.05, 3.63) is 58.7 Å². The normalized spacial score (nSPS) is 11.2. The van der Waals surface area contributed by atoms with Gasteiger partial charge in [-0.05, 0) is 48.9 Å². The third-order valence-corrected chi connectivity index (χ3v) is 4.63. The van der Waals surface area contributed by atoms with Crippen molar-refractivity contribution in [3.63, 3.8) is 0 Å². The van der Waals surface area contributed by atoms with Crippen molar-refractivity contribution in [3.8, 4) is 0 Å². The number of para-hydroxylation sites is 1. The molecule has 0 aliphatic heterocycles. The Kier molecular flexibility index (Phi) is 6.09. The first-order valence-electron chi connectivity index (χ1n) is 9.26. The van der Waals surface area contributed by atoms with Crippen LogP contribution >= 0.6 is 0 Å². The predicted octanol–water partition coefficient (Wildman–Crippen LogP) is 4.90. The van der Waals surface area contributed by atoms with Gasteiger partial charge in [0.25, 0.3) is 0 Å². The van der Waals surface area contributed by atoms with E-state index in [1.807, 2.05) is 57.2 Å². The molecular weight excluding hydrogens is 336 g/mol. The maximum atomic E-state index is 12.7. The minimum absolute atomic E-state index is 0.0187. The molecule has 0 atom stereocenters. The minimum atomic E-state index is -0.205. The molecule has 0 aliphatic carbocycles. The first-order chi connectivity index (χ1) is 12.5. The lowest BCUT2D eigenvalue weighted by Crippen LogP contribution is -2.38. The molecule has 0 saturated heterocycles. The zero-order valence-corrected chi connectivity index (χ0v) is 17.4. The van der Waals surface area contributed by atoms with Gasteiger partial charge in [0.15, 0.2) is 0 Å². The van der Waals surface area contributed by atoms with E-state index in [-0.39, 0.29) is 23.8 Å². The number of nitrogens with one attached hydrogen (secondary N) is 1. The van der Waals surface area contributed by atoms with Crippen LogP contribution in [0, 0.1) is 20.8 Å². The van der Waals surface area contributed by atoms with Crippen LogP contribution in [0.3, 0.4) is 0 Å². The summed E-state index contributed by atoms with van der Waals surface area (Å²) in [6.07, 6.45) is 0. The molecule has 0 unspecified atom stereocenters. The third kappa shape index (κ3) is 4.97. The van der Waals surface area contributed by atoms with Crippen LogP contribution < -0.4 is 10.2 Å². The summed E-state index contributed by atoms with van der Waals surface area (Å²) in [7, 11) is 0. The van der Waals surface area contributed by atoms with E-state index in [4.69, 9.17) is 0 Å². The molecule has 2 aromatic carbocycles. The number of hydrogen-bond acceptors (Lipinski definition) is 2. The zero-order chi connectivity index (χ0) is 20.4. The van der Waals surface area contributed by atoms with Gasteiger partial charge in [0.1, 0.15) is 6.54 Å². The molecule has 0 fully saturated rings. The van der Waals surface area contributed by atoms with Gasteiger partial charge >= 0.3 is 0 Å². The number of anilines is 2. The van der Waals surface area contributed by atoms with E-state index in [2.05, 4.69) is 26.1 Å². The number of carbonyl (C=O) groups is 2. The van der Waals surface area contributed by atoms with Crippen LogP contribution in [0.15, 0.2) is 36.4 Å². The van der Waals surface area contributed by atoms with E-state index in [0.717, 1.165) is 33.6 Å². The average molecular weight is 367 g/mol. The molecule has 2 rings (SSSR count). The third-order valence-electron chi connectivity index (χ3n) is 4.63. The van der Waals surface area contributed by atoms with Crippen molar-refractivity contribution >= 4 is 23.2 Å². The van der Waals surface area contributed by atoms with Gasteiger partial charge < -0.3 is 10.2 Å². The Morgan fingerprint density at radius 3 is 2.07 bits per heavy atom. The molecule has 2 aromatic rings. The van der Waals surface area contributed by atoms with E-state index in [9.17, 15) is 9.59 Å². The fourth-order valence-corrected chi connectivity index (χ4v) is 3.41. The van der Waals surface area contributed by atoms with E-state index in [1.54, 1.807) is 4.90 Å². The molecule has 2 amide bonds. The zero-order valence-electron chi connectivity index (χ0n) is 17.4. The van der Waals surface area contributed by atoms with Crippen LogP contribution in [-0.4, -0.2) is 18.4 Å². The molecule has 4 heteroatoms. The number of carbonyl (C=O) groups excluding carboxylic acids is 2. The van der Waals surface area contributed by atoms with Gasteiger partial charge in [0.05, 0.1) is 0 Å². The molecule has 0 radical (unpaired) electrons. The van der Waals surface area contributed by atoms with Crippen LogP contribution in [0.2, 0.25) is 0 Å². The summed E-state index contributed by atoms with van der Waals surface area (Å²) in [5.41, 5.74) is 5.70. The molecule has 0 aromatic heterocycles. The first kappa shape index (κ1) is 20.7. The molecule has 0 aliphatic rings.